The number of anilines is 1. The van der Waals surface area contributed by atoms with Crippen molar-refractivity contribution in [1.82, 2.24) is 0 Å². The highest BCUT2D eigenvalue weighted by molar-refractivity contribution is 8.27. The van der Waals surface area contributed by atoms with Gasteiger partial charge in [-0.1, -0.05) is 72.5 Å². The lowest BCUT2D eigenvalue weighted by Crippen LogP contribution is -2.29. The van der Waals surface area contributed by atoms with Gasteiger partial charge in [0, 0.05) is 0 Å². The Morgan fingerprint density at radius 2 is 1.64 bits per heavy atom. The van der Waals surface area contributed by atoms with Crippen LogP contribution in [0.2, 0.25) is 0 Å². The summed E-state index contributed by atoms with van der Waals surface area (Å²) in [5.74, 6) is -0.0451. The molecule has 4 heteroatoms. The van der Waals surface area contributed by atoms with Crippen molar-refractivity contribution in [2.45, 2.75) is 13.8 Å². The summed E-state index contributed by atoms with van der Waals surface area (Å²) < 4.78 is 0.588. The van der Waals surface area contributed by atoms with Gasteiger partial charge in [-0.25, -0.2) is 0 Å². The summed E-state index contributed by atoms with van der Waals surface area (Å²) in [6.45, 7) is 4.00. The largest absolute Gasteiger partial charge is 0.270 e. The van der Waals surface area contributed by atoms with Crippen LogP contribution in [0.5, 0.6) is 0 Å². The van der Waals surface area contributed by atoms with Crippen LogP contribution in [-0.2, 0) is 4.79 Å². The number of thioether (sulfide) groups is 1. The van der Waals surface area contributed by atoms with Crippen LogP contribution < -0.4 is 4.90 Å². The lowest BCUT2D eigenvalue weighted by molar-refractivity contribution is -0.113. The first kappa shape index (κ1) is 15.0. The molecule has 0 spiro atoms. The Hall–Kier alpha value is -1.91. The molecule has 0 radical (unpaired) electrons. The number of thiocarbonyl (C=S) groups is 1. The lowest BCUT2D eigenvalue weighted by Gasteiger charge is -2.19. The van der Waals surface area contributed by atoms with Crippen molar-refractivity contribution in [2.24, 2.45) is 0 Å². The maximum absolute atomic E-state index is 12.8. The van der Waals surface area contributed by atoms with Crippen LogP contribution >= 0.6 is 24.0 Å². The van der Waals surface area contributed by atoms with Gasteiger partial charge in [-0.3, -0.25) is 9.69 Å². The zero-order valence-electron chi connectivity index (χ0n) is 12.4. The Morgan fingerprint density at radius 1 is 1.00 bits per heavy atom. The molecule has 2 aromatic carbocycles. The standard InChI is InChI=1S/C18H15NOS2/c1-12-7-6-8-13(2)16(12)19-17(20)15(22-18(19)21)11-14-9-4-3-5-10-14/h3-11H,1-2H3. The van der Waals surface area contributed by atoms with Crippen LogP contribution in [-0.4, -0.2) is 10.2 Å². The highest BCUT2D eigenvalue weighted by Gasteiger charge is 2.34. The summed E-state index contributed by atoms with van der Waals surface area (Å²) in [5.41, 5.74) is 4.01. The van der Waals surface area contributed by atoms with Gasteiger partial charge in [0.25, 0.3) is 5.91 Å². The van der Waals surface area contributed by atoms with Crippen molar-refractivity contribution in [1.29, 1.82) is 0 Å². The molecule has 22 heavy (non-hydrogen) atoms. The molecule has 0 aliphatic carbocycles. The van der Waals surface area contributed by atoms with E-state index in [9.17, 15) is 4.79 Å². The van der Waals surface area contributed by atoms with Gasteiger partial charge in [-0.05, 0) is 36.6 Å². The Kier molecular flexibility index (Phi) is 4.14. The fraction of sp³-hybridized carbons (Fsp3) is 0.111. The van der Waals surface area contributed by atoms with Crippen molar-refractivity contribution in [3.8, 4) is 0 Å². The third-order valence-corrected chi connectivity index (χ3v) is 4.86. The number of hydrogen-bond donors (Lipinski definition) is 0. The summed E-state index contributed by atoms with van der Waals surface area (Å²) in [7, 11) is 0. The predicted molar refractivity (Wildman–Crippen MR) is 98.0 cm³/mol. The van der Waals surface area contributed by atoms with Gasteiger partial charge < -0.3 is 0 Å². The predicted octanol–water partition coefficient (Wildman–Crippen LogP) is 4.71. The van der Waals surface area contributed by atoms with Crippen molar-refractivity contribution in [2.75, 3.05) is 4.90 Å². The maximum Gasteiger partial charge on any atom is 0.270 e. The van der Waals surface area contributed by atoms with Crippen LogP contribution in [0.1, 0.15) is 16.7 Å². The molecule has 110 valence electrons. The first-order chi connectivity index (χ1) is 10.6. The third kappa shape index (κ3) is 2.72. The van der Waals surface area contributed by atoms with E-state index in [4.69, 9.17) is 12.2 Å². The molecule has 1 aliphatic heterocycles. The van der Waals surface area contributed by atoms with Gasteiger partial charge >= 0.3 is 0 Å². The molecule has 3 rings (SSSR count). The molecule has 1 fully saturated rings. The fourth-order valence-electron chi connectivity index (χ4n) is 2.52. The second-order valence-electron chi connectivity index (χ2n) is 5.17. The van der Waals surface area contributed by atoms with Crippen molar-refractivity contribution >= 4 is 46.0 Å². The zero-order valence-corrected chi connectivity index (χ0v) is 14.0. The molecule has 0 N–H and O–H groups in total. The van der Waals surface area contributed by atoms with Crippen molar-refractivity contribution in [3.63, 3.8) is 0 Å². The zero-order chi connectivity index (χ0) is 15.7. The molecule has 0 atom stereocenters. The van der Waals surface area contributed by atoms with E-state index in [1.165, 1.54) is 11.8 Å². The third-order valence-electron chi connectivity index (χ3n) is 3.55. The Labute approximate surface area is 139 Å². The van der Waals surface area contributed by atoms with E-state index in [-0.39, 0.29) is 5.91 Å². The molecular weight excluding hydrogens is 310 g/mol. The Morgan fingerprint density at radius 3 is 2.27 bits per heavy atom. The van der Waals surface area contributed by atoms with Crippen molar-refractivity contribution in [3.05, 3.63) is 70.1 Å². The molecule has 1 amide bonds. The molecule has 0 bridgehead atoms. The molecule has 1 heterocycles. The van der Waals surface area contributed by atoms with Gasteiger partial charge in [-0.15, -0.1) is 0 Å². The summed E-state index contributed by atoms with van der Waals surface area (Å²) >= 11 is 6.80. The monoisotopic (exact) mass is 325 g/mol. The minimum atomic E-state index is -0.0451. The number of hydrogen-bond acceptors (Lipinski definition) is 3. The van der Waals surface area contributed by atoms with E-state index in [2.05, 4.69) is 0 Å². The molecule has 0 saturated carbocycles. The summed E-state index contributed by atoms with van der Waals surface area (Å²) in [5, 5.41) is 0. The number of carbonyl (C=O) groups excluding carboxylic acids is 1. The number of rotatable bonds is 2. The quantitative estimate of drug-likeness (QED) is 0.589. The van der Waals surface area contributed by atoms with Crippen LogP contribution in [0.25, 0.3) is 6.08 Å². The van der Waals surface area contributed by atoms with Gasteiger partial charge in [0.1, 0.15) is 0 Å². The molecule has 0 aromatic heterocycles. The molecular formula is C18H15NOS2. The van der Waals surface area contributed by atoms with E-state index in [1.807, 2.05) is 68.5 Å². The maximum atomic E-state index is 12.8. The van der Waals surface area contributed by atoms with Gasteiger partial charge in [0.05, 0.1) is 10.6 Å². The smallest absolute Gasteiger partial charge is 0.268 e. The van der Waals surface area contributed by atoms with E-state index in [1.54, 1.807) is 4.90 Å². The van der Waals surface area contributed by atoms with Crippen LogP contribution in [0.15, 0.2) is 53.4 Å². The number of para-hydroxylation sites is 1. The molecule has 0 unspecified atom stereocenters. The molecule has 1 aliphatic rings. The van der Waals surface area contributed by atoms with E-state index >= 15 is 0 Å². The van der Waals surface area contributed by atoms with Crippen LogP contribution in [0.3, 0.4) is 0 Å². The minimum Gasteiger partial charge on any atom is -0.268 e. The van der Waals surface area contributed by atoms with Crippen LogP contribution in [0, 0.1) is 13.8 Å². The summed E-state index contributed by atoms with van der Waals surface area (Å²) in [6, 6.07) is 15.8. The number of aryl methyl sites for hydroxylation is 2. The number of carbonyl (C=O) groups is 1. The van der Waals surface area contributed by atoms with E-state index in [0.717, 1.165) is 22.4 Å². The topological polar surface area (TPSA) is 20.3 Å². The molecule has 2 nitrogen and oxygen atoms in total. The molecule has 1 saturated heterocycles. The highest BCUT2D eigenvalue weighted by atomic mass is 32.2. The lowest BCUT2D eigenvalue weighted by atomic mass is 10.1. The SMILES string of the molecule is Cc1cccc(C)c1N1C(=O)C(=Cc2ccccc2)SC1=S. The summed E-state index contributed by atoms with van der Waals surface area (Å²) in [6.07, 6.45) is 1.90. The average Bonchev–Trinajstić information content (AvgIpc) is 2.76. The second-order valence-corrected chi connectivity index (χ2v) is 6.84. The van der Waals surface area contributed by atoms with Gasteiger partial charge in [0.15, 0.2) is 4.32 Å². The molecule has 2 aromatic rings. The Bertz CT molecular complexity index is 761. The van der Waals surface area contributed by atoms with Gasteiger partial charge in [-0.2, -0.15) is 0 Å². The highest BCUT2D eigenvalue weighted by Crippen LogP contribution is 2.38. The Balaban J connectivity index is 2.01. The van der Waals surface area contributed by atoms with Crippen molar-refractivity contribution < 1.29 is 4.79 Å². The average molecular weight is 325 g/mol. The first-order valence-electron chi connectivity index (χ1n) is 6.97. The second kappa shape index (κ2) is 6.07. The number of amides is 1. The first-order valence-corrected chi connectivity index (χ1v) is 8.19. The van der Waals surface area contributed by atoms with Crippen LogP contribution in [0.4, 0.5) is 5.69 Å². The van der Waals surface area contributed by atoms with E-state index < -0.39 is 0 Å². The van der Waals surface area contributed by atoms with Gasteiger partial charge in [0.2, 0.25) is 0 Å². The number of benzene rings is 2. The number of nitrogens with zero attached hydrogens (tertiary/aromatic N) is 1. The van der Waals surface area contributed by atoms with E-state index in [0.29, 0.717) is 9.23 Å². The minimum absolute atomic E-state index is 0.0451. The normalized spacial score (nSPS) is 16.6. The fourth-order valence-corrected chi connectivity index (χ4v) is 3.79. The summed E-state index contributed by atoms with van der Waals surface area (Å²) in [4.78, 5) is 15.1.